The molecule has 3 rings (SSSR count). The van der Waals surface area contributed by atoms with Crippen LogP contribution in [0.25, 0.3) is 0 Å². The number of hydrogen-bond acceptors (Lipinski definition) is 6. The van der Waals surface area contributed by atoms with Crippen LogP contribution in [-0.4, -0.2) is 66.8 Å². The fraction of sp³-hybridized carbons (Fsp3) is 0.312. The standard InChI is InChI=1S/C16H18N4O4S/c1-24-13-3-2-4-14(11-13)25(22,23)20-9-7-19(8-10-20)16(21)15-12-17-5-6-18-15/h2-6,11-12H,7-10H2,1H3. The number of aromatic nitrogens is 2. The summed E-state index contributed by atoms with van der Waals surface area (Å²) in [5, 5.41) is 0. The van der Waals surface area contributed by atoms with Crippen molar-refractivity contribution in [2.45, 2.75) is 4.90 Å². The maximum absolute atomic E-state index is 12.7. The van der Waals surface area contributed by atoms with Gasteiger partial charge in [0.2, 0.25) is 10.0 Å². The van der Waals surface area contributed by atoms with E-state index in [1.807, 2.05) is 0 Å². The second-order valence-corrected chi connectivity index (χ2v) is 7.40. The number of piperazine rings is 1. The maximum atomic E-state index is 12.7. The summed E-state index contributed by atoms with van der Waals surface area (Å²) in [4.78, 5) is 22.0. The molecule has 0 bridgehead atoms. The third kappa shape index (κ3) is 3.62. The highest BCUT2D eigenvalue weighted by molar-refractivity contribution is 7.89. The predicted octanol–water partition coefficient (Wildman–Crippen LogP) is 0.632. The molecule has 2 aromatic rings. The molecule has 0 radical (unpaired) electrons. The largest absolute Gasteiger partial charge is 0.497 e. The van der Waals surface area contributed by atoms with Crippen molar-refractivity contribution in [3.63, 3.8) is 0 Å². The van der Waals surface area contributed by atoms with Crippen LogP contribution in [0.15, 0.2) is 47.8 Å². The highest BCUT2D eigenvalue weighted by Gasteiger charge is 2.31. The topological polar surface area (TPSA) is 92.7 Å². The molecule has 9 heteroatoms. The Balaban J connectivity index is 1.70. The predicted molar refractivity (Wildman–Crippen MR) is 89.7 cm³/mol. The molecule has 1 aromatic carbocycles. The number of ether oxygens (including phenoxy) is 1. The fourth-order valence-corrected chi connectivity index (χ4v) is 4.07. The molecule has 1 saturated heterocycles. The van der Waals surface area contributed by atoms with Gasteiger partial charge in [-0.2, -0.15) is 4.31 Å². The monoisotopic (exact) mass is 362 g/mol. The van der Waals surface area contributed by atoms with Gasteiger partial charge in [0.25, 0.3) is 5.91 Å². The zero-order valence-electron chi connectivity index (χ0n) is 13.7. The number of nitrogens with zero attached hydrogens (tertiary/aromatic N) is 4. The molecule has 1 aliphatic heterocycles. The number of sulfonamides is 1. The number of carbonyl (C=O) groups is 1. The number of hydrogen-bond donors (Lipinski definition) is 0. The summed E-state index contributed by atoms with van der Waals surface area (Å²) in [7, 11) is -2.13. The van der Waals surface area contributed by atoms with Crippen LogP contribution >= 0.6 is 0 Å². The van der Waals surface area contributed by atoms with E-state index < -0.39 is 10.0 Å². The molecule has 0 spiro atoms. The maximum Gasteiger partial charge on any atom is 0.274 e. The van der Waals surface area contributed by atoms with Crippen molar-refractivity contribution in [1.82, 2.24) is 19.2 Å². The van der Waals surface area contributed by atoms with E-state index >= 15 is 0 Å². The summed E-state index contributed by atoms with van der Waals surface area (Å²) in [6, 6.07) is 6.36. The van der Waals surface area contributed by atoms with E-state index in [0.717, 1.165) is 0 Å². The van der Waals surface area contributed by atoms with E-state index in [9.17, 15) is 13.2 Å². The van der Waals surface area contributed by atoms with Gasteiger partial charge >= 0.3 is 0 Å². The normalized spacial score (nSPS) is 15.8. The molecule has 2 heterocycles. The molecular formula is C16H18N4O4S. The first-order chi connectivity index (χ1) is 12.0. The van der Waals surface area contributed by atoms with Crippen molar-refractivity contribution >= 4 is 15.9 Å². The molecule has 0 unspecified atom stereocenters. The van der Waals surface area contributed by atoms with Gasteiger partial charge in [-0.25, -0.2) is 13.4 Å². The smallest absolute Gasteiger partial charge is 0.274 e. The lowest BCUT2D eigenvalue weighted by atomic mass is 10.3. The van der Waals surface area contributed by atoms with Crippen molar-refractivity contribution < 1.29 is 17.9 Å². The van der Waals surface area contributed by atoms with Gasteiger partial charge in [-0.15, -0.1) is 0 Å². The van der Waals surface area contributed by atoms with Crippen LogP contribution < -0.4 is 4.74 Å². The molecule has 0 N–H and O–H groups in total. The summed E-state index contributed by atoms with van der Waals surface area (Å²) in [6.07, 6.45) is 4.36. The van der Waals surface area contributed by atoms with Gasteiger partial charge in [0.1, 0.15) is 11.4 Å². The Kier molecular flexibility index (Phi) is 4.95. The number of methoxy groups -OCH3 is 1. The third-order valence-corrected chi connectivity index (χ3v) is 5.88. The highest BCUT2D eigenvalue weighted by Crippen LogP contribution is 2.22. The molecule has 25 heavy (non-hydrogen) atoms. The molecule has 0 aliphatic carbocycles. The molecule has 0 saturated carbocycles. The van der Waals surface area contributed by atoms with Gasteiger partial charge in [-0.05, 0) is 12.1 Å². The number of benzene rings is 1. The second-order valence-electron chi connectivity index (χ2n) is 5.47. The summed E-state index contributed by atoms with van der Waals surface area (Å²) in [5.74, 6) is 0.240. The molecule has 1 amide bonds. The quantitative estimate of drug-likeness (QED) is 0.792. The Labute approximate surface area is 146 Å². The van der Waals surface area contributed by atoms with Crippen molar-refractivity contribution in [3.05, 3.63) is 48.5 Å². The zero-order valence-corrected chi connectivity index (χ0v) is 14.5. The average molecular weight is 362 g/mol. The van der Waals surface area contributed by atoms with E-state index in [0.29, 0.717) is 18.8 Å². The molecule has 0 atom stereocenters. The van der Waals surface area contributed by atoms with Gasteiger partial charge in [0, 0.05) is 44.6 Å². The van der Waals surface area contributed by atoms with Gasteiger partial charge in [0.15, 0.2) is 0 Å². The van der Waals surface area contributed by atoms with Crippen molar-refractivity contribution in [2.75, 3.05) is 33.3 Å². The number of amides is 1. The summed E-state index contributed by atoms with van der Waals surface area (Å²) in [6.45, 7) is 1.06. The fourth-order valence-electron chi connectivity index (χ4n) is 2.61. The first-order valence-electron chi connectivity index (χ1n) is 7.72. The second kappa shape index (κ2) is 7.16. The number of carbonyl (C=O) groups excluding carboxylic acids is 1. The van der Waals surface area contributed by atoms with Crippen molar-refractivity contribution in [1.29, 1.82) is 0 Å². The first kappa shape index (κ1) is 17.3. The van der Waals surface area contributed by atoms with Crippen LogP contribution in [-0.2, 0) is 10.0 Å². The molecule has 1 aliphatic rings. The summed E-state index contributed by atoms with van der Waals surface area (Å²) >= 11 is 0. The van der Waals surface area contributed by atoms with Crippen LogP contribution in [0.3, 0.4) is 0 Å². The van der Waals surface area contributed by atoms with Crippen LogP contribution in [0, 0.1) is 0 Å². The van der Waals surface area contributed by atoms with Gasteiger partial charge in [-0.3, -0.25) is 9.78 Å². The average Bonchev–Trinajstić information content (AvgIpc) is 2.68. The Bertz CT molecular complexity index is 849. The lowest BCUT2D eigenvalue weighted by Gasteiger charge is -2.33. The van der Waals surface area contributed by atoms with Gasteiger partial charge in [-0.1, -0.05) is 6.07 Å². The van der Waals surface area contributed by atoms with E-state index in [1.54, 1.807) is 17.0 Å². The minimum atomic E-state index is -3.62. The Morgan fingerprint density at radius 1 is 1.16 bits per heavy atom. The Hall–Kier alpha value is -2.52. The van der Waals surface area contributed by atoms with Crippen LogP contribution in [0.4, 0.5) is 0 Å². The molecule has 1 fully saturated rings. The Morgan fingerprint density at radius 2 is 1.92 bits per heavy atom. The minimum absolute atomic E-state index is 0.181. The van der Waals surface area contributed by atoms with E-state index in [-0.39, 0.29) is 29.6 Å². The van der Waals surface area contributed by atoms with E-state index in [4.69, 9.17) is 4.74 Å². The lowest BCUT2D eigenvalue weighted by molar-refractivity contribution is 0.0691. The molecule has 8 nitrogen and oxygen atoms in total. The van der Waals surface area contributed by atoms with Crippen molar-refractivity contribution in [3.8, 4) is 5.75 Å². The summed E-state index contributed by atoms with van der Waals surface area (Å²) < 4.78 is 32.0. The van der Waals surface area contributed by atoms with Gasteiger partial charge in [0.05, 0.1) is 18.2 Å². The van der Waals surface area contributed by atoms with E-state index in [1.165, 1.54) is 42.1 Å². The van der Waals surface area contributed by atoms with Crippen LogP contribution in [0.5, 0.6) is 5.75 Å². The highest BCUT2D eigenvalue weighted by atomic mass is 32.2. The summed E-state index contributed by atoms with van der Waals surface area (Å²) in [5.41, 5.74) is 0.256. The molecular weight excluding hydrogens is 344 g/mol. The number of rotatable bonds is 4. The Morgan fingerprint density at radius 3 is 2.56 bits per heavy atom. The molecule has 132 valence electrons. The molecule has 1 aromatic heterocycles. The SMILES string of the molecule is COc1cccc(S(=O)(=O)N2CCN(C(=O)c3cnccn3)CC2)c1. The minimum Gasteiger partial charge on any atom is -0.497 e. The van der Waals surface area contributed by atoms with Crippen molar-refractivity contribution in [2.24, 2.45) is 0 Å². The van der Waals surface area contributed by atoms with Gasteiger partial charge < -0.3 is 9.64 Å². The zero-order chi connectivity index (χ0) is 17.9. The lowest BCUT2D eigenvalue weighted by Crippen LogP contribution is -2.50. The van der Waals surface area contributed by atoms with Crippen LogP contribution in [0.2, 0.25) is 0 Å². The van der Waals surface area contributed by atoms with Crippen LogP contribution in [0.1, 0.15) is 10.5 Å². The first-order valence-corrected chi connectivity index (χ1v) is 9.16. The third-order valence-electron chi connectivity index (χ3n) is 3.99. The van der Waals surface area contributed by atoms with E-state index in [2.05, 4.69) is 9.97 Å².